The van der Waals surface area contributed by atoms with E-state index < -0.39 is 0 Å². The maximum Gasteiger partial charge on any atom is 0.121 e. The zero-order chi connectivity index (χ0) is 10.8. The highest BCUT2D eigenvalue weighted by molar-refractivity contribution is 5.85. The molecule has 3 nitrogen and oxygen atoms in total. The Morgan fingerprint density at radius 1 is 1.47 bits per heavy atom. The van der Waals surface area contributed by atoms with Gasteiger partial charge in [0.1, 0.15) is 11.5 Å². The molecule has 0 radical (unpaired) electrons. The summed E-state index contributed by atoms with van der Waals surface area (Å²) in [6, 6.07) is 3.57. The third kappa shape index (κ3) is 3.23. The minimum absolute atomic E-state index is 0. The lowest BCUT2D eigenvalue weighted by Crippen LogP contribution is -2.32. The molecule has 0 amide bonds. The fourth-order valence-corrected chi connectivity index (χ4v) is 1.24. The first-order valence-electron chi connectivity index (χ1n) is 4.96. The number of nitrogens with two attached hydrogens (primary N) is 1. The highest BCUT2D eigenvalue weighted by Gasteiger charge is 2.29. The molecular weight excluding hydrogens is 214 g/mol. The van der Waals surface area contributed by atoms with Crippen LogP contribution in [0.4, 0.5) is 0 Å². The van der Waals surface area contributed by atoms with Crippen molar-refractivity contribution in [1.29, 1.82) is 0 Å². The predicted octanol–water partition coefficient (Wildman–Crippen LogP) is 2.28. The Morgan fingerprint density at radius 2 is 2.07 bits per heavy atom. The van der Waals surface area contributed by atoms with Crippen LogP contribution in [0.15, 0.2) is 16.5 Å². The molecule has 0 unspecified atom stereocenters. The van der Waals surface area contributed by atoms with Gasteiger partial charge >= 0.3 is 0 Å². The van der Waals surface area contributed by atoms with Gasteiger partial charge in [0.2, 0.25) is 0 Å². The fourth-order valence-electron chi connectivity index (χ4n) is 1.24. The van der Waals surface area contributed by atoms with Crippen LogP contribution in [-0.4, -0.2) is 11.7 Å². The van der Waals surface area contributed by atoms with Gasteiger partial charge < -0.3 is 15.3 Å². The zero-order valence-corrected chi connectivity index (χ0v) is 10.3. The summed E-state index contributed by atoms with van der Waals surface area (Å²) >= 11 is 0. The molecule has 15 heavy (non-hydrogen) atoms. The van der Waals surface area contributed by atoms with Crippen LogP contribution in [0.1, 0.15) is 38.3 Å². The number of hydrogen-bond acceptors (Lipinski definition) is 3. The molecule has 3 N–H and O–H groups in total. The molecule has 0 aliphatic carbocycles. The molecule has 1 aromatic heterocycles. The summed E-state index contributed by atoms with van der Waals surface area (Å²) in [5.41, 5.74) is 5.65. The maximum absolute atomic E-state index is 9.17. The number of hydrogen-bond donors (Lipinski definition) is 2. The van der Waals surface area contributed by atoms with Gasteiger partial charge in [0.25, 0.3) is 0 Å². The van der Waals surface area contributed by atoms with E-state index in [1.807, 2.05) is 32.9 Å². The SMILES string of the molecule is CCc1ccc([C@H](N)C(C)(C)CO)o1.Cl. The summed E-state index contributed by atoms with van der Waals surface area (Å²) in [7, 11) is 0. The van der Waals surface area contributed by atoms with E-state index in [0.29, 0.717) is 0 Å². The molecule has 0 saturated heterocycles. The molecule has 4 heteroatoms. The number of furan rings is 1. The summed E-state index contributed by atoms with van der Waals surface area (Å²) < 4.78 is 5.55. The van der Waals surface area contributed by atoms with Gasteiger partial charge in [-0.25, -0.2) is 0 Å². The molecule has 0 aromatic carbocycles. The normalized spacial score (nSPS) is 13.4. The van der Waals surface area contributed by atoms with E-state index in [1.165, 1.54) is 0 Å². The Hall–Kier alpha value is -0.510. The van der Waals surface area contributed by atoms with Crippen LogP contribution in [0, 0.1) is 5.41 Å². The third-order valence-corrected chi connectivity index (χ3v) is 2.59. The highest BCUT2D eigenvalue weighted by Crippen LogP contribution is 2.31. The van der Waals surface area contributed by atoms with Gasteiger partial charge in [-0.2, -0.15) is 0 Å². The van der Waals surface area contributed by atoms with Crippen molar-refractivity contribution in [2.75, 3.05) is 6.61 Å². The van der Waals surface area contributed by atoms with E-state index in [0.717, 1.165) is 17.9 Å². The molecule has 0 aliphatic rings. The minimum atomic E-state index is -0.344. The van der Waals surface area contributed by atoms with E-state index in [-0.39, 0.29) is 30.5 Å². The van der Waals surface area contributed by atoms with Gasteiger partial charge in [0.15, 0.2) is 0 Å². The second-order valence-corrected chi connectivity index (χ2v) is 4.28. The second-order valence-electron chi connectivity index (χ2n) is 4.28. The molecule has 0 saturated carbocycles. The van der Waals surface area contributed by atoms with Gasteiger partial charge in [-0.1, -0.05) is 20.8 Å². The fraction of sp³-hybridized carbons (Fsp3) is 0.636. The summed E-state index contributed by atoms with van der Waals surface area (Å²) in [6.07, 6.45) is 0.867. The van der Waals surface area contributed by atoms with Crippen LogP contribution in [0.2, 0.25) is 0 Å². The van der Waals surface area contributed by atoms with Crippen LogP contribution in [0.25, 0.3) is 0 Å². The van der Waals surface area contributed by atoms with Gasteiger partial charge in [-0.15, -0.1) is 12.4 Å². The molecule has 0 bridgehead atoms. The van der Waals surface area contributed by atoms with E-state index in [4.69, 9.17) is 15.3 Å². The molecule has 1 heterocycles. The topological polar surface area (TPSA) is 59.4 Å². The van der Waals surface area contributed by atoms with Crippen LogP contribution in [0.3, 0.4) is 0 Å². The van der Waals surface area contributed by atoms with Crippen molar-refractivity contribution >= 4 is 12.4 Å². The monoisotopic (exact) mass is 233 g/mol. The smallest absolute Gasteiger partial charge is 0.121 e. The summed E-state index contributed by atoms with van der Waals surface area (Å²) in [5.74, 6) is 1.69. The third-order valence-electron chi connectivity index (χ3n) is 2.59. The summed E-state index contributed by atoms with van der Waals surface area (Å²) in [4.78, 5) is 0. The summed E-state index contributed by atoms with van der Waals surface area (Å²) in [6.45, 7) is 5.93. The molecular formula is C11H20ClNO2. The Labute approximate surface area is 97.1 Å². The Morgan fingerprint density at radius 3 is 2.47 bits per heavy atom. The van der Waals surface area contributed by atoms with Crippen molar-refractivity contribution in [2.45, 2.75) is 33.2 Å². The van der Waals surface area contributed by atoms with Gasteiger partial charge in [-0.3, -0.25) is 0 Å². The van der Waals surface area contributed by atoms with Crippen LogP contribution >= 0.6 is 12.4 Å². The number of rotatable bonds is 4. The first-order valence-corrected chi connectivity index (χ1v) is 4.96. The lowest BCUT2D eigenvalue weighted by Gasteiger charge is -2.27. The van der Waals surface area contributed by atoms with Gasteiger partial charge in [0.05, 0.1) is 12.6 Å². The van der Waals surface area contributed by atoms with E-state index in [1.54, 1.807) is 0 Å². The van der Waals surface area contributed by atoms with E-state index >= 15 is 0 Å². The molecule has 1 atom stereocenters. The molecule has 0 spiro atoms. The van der Waals surface area contributed by atoms with E-state index in [9.17, 15) is 0 Å². The molecule has 88 valence electrons. The average Bonchev–Trinajstić information content (AvgIpc) is 2.64. The number of aliphatic hydroxyl groups is 1. The lowest BCUT2D eigenvalue weighted by atomic mass is 9.84. The Kier molecular flexibility index (Phi) is 5.35. The number of aliphatic hydroxyl groups excluding tert-OH is 1. The molecule has 1 rings (SSSR count). The lowest BCUT2D eigenvalue weighted by molar-refractivity contribution is 0.122. The first kappa shape index (κ1) is 14.5. The van der Waals surface area contributed by atoms with Crippen LogP contribution in [0.5, 0.6) is 0 Å². The van der Waals surface area contributed by atoms with Crippen molar-refractivity contribution < 1.29 is 9.52 Å². The van der Waals surface area contributed by atoms with Crippen molar-refractivity contribution in [3.05, 3.63) is 23.7 Å². The predicted molar refractivity (Wildman–Crippen MR) is 63.1 cm³/mol. The van der Waals surface area contributed by atoms with Crippen LogP contribution in [-0.2, 0) is 6.42 Å². The van der Waals surface area contributed by atoms with Gasteiger partial charge in [-0.05, 0) is 12.1 Å². The van der Waals surface area contributed by atoms with Crippen molar-refractivity contribution in [2.24, 2.45) is 11.1 Å². The standard InChI is InChI=1S/C11H19NO2.ClH/c1-4-8-5-6-9(14-8)10(12)11(2,3)7-13;/h5-6,10,13H,4,7,12H2,1-3H3;1H/t10-;/m0./s1. The number of halogens is 1. The maximum atomic E-state index is 9.17. The minimum Gasteiger partial charge on any atom is -0.464 e. The largest absolute Gasteiger partial charge is 0.464 e. The first-order chi connectivity index (χ1) is 6.51. The van der Waals surface area contributed by atoms with E-state index in [2.05, 4.69) is 0 Å². The quantitative estimate of drug-likeness (QED) is 0.839. The highest BCUT2D eigenvalue weighted by atomic mass is 35.5. The van der Waals surface area contributed by atoms with Crippen molar-refractivity contribution in [3.63, 3.8) is 0 Å². The zero-order valence-electron chi connectivity index (χ0n) is 9.49. The number of aryl methyl sites for hydroxylation is 1. The van der Waals surface area contributed by atoms with Crippen molar-refractivity contribution in [1.82, 2.24) is 0 Å². The molecule has 0 aliphatic heterocycles. The molecule has 1 aromatic rings. The average molecular weight is 234 g/mol. The molecule has 0 fully saturated rings. The van der Waals surface area contributed by atoms with Gasteiger partial charge in [0, 0.05) is 11.8 Å². The van der Waals surface area contributed by atoms with Crippen LogP contribution < -0.4 is 5.73 Å². The Bertz CT molecular complexity index is 297. The van der Waals surface area contributed by atoms with Crippen molar-refractivity contribution in [3.8, 4) is 0 Å². The summed E-state index contributed by atoms with van der Waals surface area (Å²) in [5, 5.41) is 9.17. The Balaban J connectivity index is 0.00000196. The second kappa shape index (κ2) is 5.54.